The summed E-state index contributed by atoms with van der Waals surface area (Å²) in [5, 5.41) is 9.66. The standard InChI is InChI=1S/C30H37F5O2/c1-2-3-4-5-6-7-8-10-19-13-14-23(25(31)15-19)26(32)18-24-21(11-9-12-22(24)30(36)37)20-16-27(33)29(35)28(34)17-20/h9,11-12,16-17,19,23,25-26H,2-8,10,13-15,18H2,1H3,(H,36,37)/t19-,23-,25?,26?/m0/s1. The molecule has 1 saturated carbocycles. The lowest BCUT2D eigenvalue weighted by Gasteiger charge is -2.34. The molecular formula is C30H37F5O2. The van der Waals surface area contributed by atoms with Gasteiger partial charge in [0.05, 0.1) is 5.56 Å². The minimum Gasteiger partial charge on any atom is -0.478 e. The third-order valence-electron chi connectivity index (χ3n) is 7.71. The SMILES string of the molecule is CCCCCCCCC[C@H]1CC[C@H](C(F)Cc2c(C(=O)O)cccc2-c2cc(F)c(F)c(F)c2)C(F)C1. The summed E-state index contributed by atoms with van der Waals surface area (Å²) in [6.45, 7) is 2.18. The van der Waals surface area contributed by atoms with Gasteiger partial charge in [-0.3, -0.25) is 0 Å². The van der Waals surface area contributed by atoms with Crippen molar-refractivity contribution in [3.63, 3.8) is 0 Å². The Labute approximate surface area is 216 Å². The first-order valence-corrected chi connectivity index (χ1v) is 13.5. The zero-order valence-electron chi connectivity index (χ0n) is 21.4. The van der Waals surface area contributed by atoms with Gasteiger partial charge in [0.15, 0.2) is 17.5 Å². The molecular weight excluding hydrogens is 487 g/mol. The molecule has 0 amide bonds. The predicted octanol–water partition coefficient (Wildman–Crippen LogP) is 9.24. The normalized spacial score (nSPS) is 20.6. The van der Waals surface area contributed by atoms with Gasteiger partial charge in [-0.15, -0.1) is 0 Å². The second-order valence-electron chi connectivity index (χ2n) is 10.4. The molecule has 204 valence electrons. The van der Waals surface area contributed by atoms with Crippen LogP contribution in [0.3, 0.4) is 0 Å². The zero-order valence-corrected chi connectivity index (χ0v) is 21.4. The molecule has 0 aliphatic heterocycles. The molecule has 0 spiro atoms. The smallest absolute Gasteiger partial charge is 0.335 e. The number of hydrogen-bond acceptors (Lipinski definition) is 1. The third kappa shape index (κ3) is 7.78. The number of aromatic carboxylic acids is 1. The molecule has 0 radical (unpaired) electrons. The second kappa shape index (κ2) is 13.9. The van der Waals surface area contributed by atoms with Crippen LogP contribution in [0, 0.1) is 29.3 Å². The van der Waals surface area contributed by atoms with E-state index in [9.17, 15) is 23.1 Å². The van der Waals surface area contributed by atoms with E-state index in [-0.39, 0.29) is 28.2 Å². The summed E-state index contributed by atoms with van der Waals surface area (Å²) in [7, 11) is 0. The lowest BCUT2D eigenvalue weighted by molar-refractivity contribution is 0.0591. The van der Waals surface area contributed by atoms with Gasteiger partial charge in [-0.2, -0.15) is 0 Å². The summed E-state index contributed by atoms with van der Waals surface area (Å²) in [6.07, 6.45) is 7.24. The van der Waals surface area contributed by atoms with Gasteiger partial charge >= 0.3 is 5.97 Å². The average Bonchev–Trinajstić information content (AvgIpc) is 2.86. The highest BCUT2D eigenvalue weighted by molar-refractivity contribution is 5.92. The number of carboxylic acids is 1. The van der Waals surface area contributed by atoms with E-state index >= 15 is 8.78 Å². The predicted molar refractivity (Wildman–Crippen MR) is 136 cm³/mol. The Morgan fingerprint density at radius 2 is 1.65 bits per heavy atom. The van der Waals surface area contributed by atoms with Gasteiger partial charge in [0.1, 0.15) is 12.3 Å². The first-order chi connectivity index (χ1) is 17.7. The number of hydrogen-bond donors (Lipinski definition) is 1. The monoisotopic (exact) mass is 524 g/mol. The van der Waals surface area contributed by atoms with E-state index in [1.54, 1.807) is 0 Å². The van der Waals surface area contributed by atoms with Gasteiger partial charge in [-0.25, -0.2) is 26.7 Å². The molecule has 1 aliphatic rings. The summed E-state index contributed by atoms with van der Waals surface area (Å²) in [5.74, 6) is -6.48. The molecule has 0 aromatic heterocycles. The number of benzene rings is 2. The highest BCUT2D eigenvalue weighted by Gasteiger charge is 2.36. The number of halogens is 5. The zero-order chi connectivity index (χ0) is 26.9. The average molecular weight is 525 g/mol. The van der Waals surface area contributed by atoms with E-state index in [2.05, 4.69) is 6.92 Å². The van der Waals surface area contributed by atoms with Crippen molar-refractivity contribution in [3.8, 4) is 11.1 Å². The third-order valence-corrected chi connectivity index (χ3v) is 7.71. The highest BCUT2D eigenvalue weighted by Crippen LogP contribution is 2.39. The van der Waals surface area contributed by atoms with Crippen LogP contribution >= 0.6 is 0 Å². The van der Waals surface area contributed by atoms with E-state index in [0.717, 1.165) is 37.8 Å². The number of alkyl halides is 2. The van der Waals surface area contributed by atoms with E-state index in [0.29, 0.717) is 12.8 Å². The summed E-state index contributed by atoms with van der Waals surface area (Å²) in [5.41, 5.74) is -0.223. The van der Waals surface area contributed by atoms with Gasteiger partial charge < -0.3 is 5.11 Å². The van der Waals surface area contributed by atoms with Crippen LogP contribution in [-0.2, 0) is 6.42 Å². The summed E-state index contributed by atoms with van der Waals surface area (Å²) < 4.78 is 71.9. The molecule has 3 rings (SSSR count). The fourth-order valence-corrected chi connectivity index (χ4v) is 5.61. The number of carboxylic acid groups (broad SMARTS) is 1. The Kier molecular flexibility index (Phi) is 11.0. The van der Waals surface area contributed by atoms with Crippen LogP contribution in [0.25, 0.3) is 11.1 Å². The van der Waals surface area contributed by atoms with Crippen molar-refractivity contribution in [3.05, 3.63) is 58.9 Å². The van der Waals surface area contributed by atoms with Crippen molar-refractivity contribution in [1.82, 2.24) is 0 Å². The van der Waals surface area contributed by atoms with Gasteiger partial charge in [0, 0.05) is 12.3 Å². The van der Waals surface area contributed by atoms with E-state index < -0.39 is 48.1 Å². The first-order valence-electron chi connectivity index (χ1n) is 13.5. The van der Waals surface area contributed by atoms with Crippen LogP contribution in [0.2, 0.25) is 0 Å². The number of carbonyl (C=O) groups is 1. The lowest BCUT2D eigenvalue weighted by atomic mass is 9.75. The minimum atomic E-state index is -1.66. The maximum atomic E-state index is 15.5. The Balaban J connectivity index is 1.67. The summed E-state index contributed by atoms with van der Waals surface area (Å²) in [4.78, 5) is 11.9. The molecule has 37 heavy (non-hydrogen) atoms. The first kappa shape index (κ1) is 29.1. The van der Waals surface area contributed by atoms with Gasteiger partial charge in [-0.1, -0.05) is 70.4 Å². The van der Waals surface area contributed by atoms with Crippen molar-refractivity contribution < 1.29 is 31.9 Å². The van der Waals surface area contributed by atoms with Crippen LogP contribution < -0.4 is 0 Å². The molecule has 1 aliphatic carbocycles. The Hall–Kier alpha value is -2.44. The van der Waals surface area contributed by atoms with Crippen molar-refractivity contribution in [2.45, 2.75) is 96.3 Å². The van der Waals surface area contributed by atoms with Crippen molar-refractivity contribution >= 4 is 5.97 Å². The lowest BCUT2D eigenvalue weighted by Crippen LogP contribution is -2.34. The molecule has 0 bridgehead atoms. The minimum absolute atomic E-state index is 0.0188. The van der Waals surface area contributed by atoms with Crippen LogP contribution in [0.1, 0.15) is 93.5 Å². The molecule has 2 aromatic rings. The topological polar surface area (TPSA) is 37.3 Å². The van der Waals surface area contributed by atoms with Crippen LogP contribution in [0.15, 0.2) is 30.3 Å². The maximum Gasteiger partial charge on any atom is 0.335 e. The second-order valence-corrected chi connectivity index (χ2v) is 10.4. The molecule has 2 aromatic carbocycles. The quantitative estimate of drug-likeness (QED) is 0.161. The Bertz CT molecular complexity index is 1020. The molecule has 2 unspecified atom stereocenters. The summed E-state index contributed by atoms with van der Waals surface area (Å²) in [6, 6.07) is 5.57. The van der Waals surface area contributed by atoms with Gasteiger partial charge in [-0.05, 0) is 60.1 Å². The summed E-state index contributed by atoms with van der Waals surface area (Å²) >= 11 is 0. The Morgan fingerprint density at radius 1 is 1.00 bits per heavy atom. The molecule has 4 atom stereocenters. The van der Waals surface area contributed by atoms with Crippen molar-refractivity contribution in [1.29, 1.82) is 0 Å². The van der Waals surface area contributed by atoms with E-state index in [1.807, 2.05) is 0 Å². The van der Waals surface area contributed by atoms with Crippen molar-refractivity contribution in [2.24, 2.45) is 11.8 Å². The number of rotatable bonds is 13. The molecule has 7 heteroatoms. The molecule has 0 heterocycles. The van der Waals surface area contributed by atoms with E-state index in [1.165, 1.54) is 50.3 Å². The number of unbranched alkanes of at least 4 members (excludes halogenated alkanes) is 6. The maximum absolute atomic E-state index is 15.5. The molecule has 0 saturated heterocycles. The van der Waals surface area contributed by atoms with Gasteiger partial charge in [0.2, 0.25) is 0 Å². The van der Waals surface area contributed by atoms with Crippen LogP contribution in [0.5, 0.6) is 0 Å². The highest BCUT2D eigenvalue weighted by atomic mass is 19.2. The molecule has 1 fully saturated rings. The van der Waals surface area contributed by atoms with Crippen molar-refractivity contribution in [2.75, 3.05) is 0 Å². The van der Waals surface area contributed by atoms with Gasteiger partial charge in [0.25, 0.3) is 0 Å². The van der Waals surface area contributed by atoms with E-state index in [4.69, 9.17) is 0 Å². The van der Waals surface area contributed by atoms with Crippen LogP contribution in [-0.4, -0.2) is 23.4 Å². The largest absolute Gasteiger partial charge is 0.478 e. The molecule has 2 nitrogen and oxygen atoms in total. The van der Waals surface area contributed by atoms with Crippen LogP contribution in [0.4, 0.5) is 22.0 Å². The Morgan fingerprint density at radius 3 is 2.27 bits per heavy atom. The fraction of sp³-hybridized carbons (Fsp3) is 0.567. The fourth-order valence-electron chi connectivity index (χ4n) is 5.61. The molecule has 1 N–H and O–H groups in total.